The fraction of sp³-hybridized carbons (Fsp3) is 0.200. The molecular weight excluding hydrogens is 283 g/mol. The number of ether oxygens (including phenoxy) is 1. The highest BCUT2D eigenvalue weighted by molar-refractivity contribution is 9.10. The van der Waals surface area contributed by atoms with Gasteiger partial charge in [0.1, 0.15) is 0 Å². The quantitative estimate of drug-likeness (QED) is 0.372. The number of carbonyl (C=O) groups excluding carboxylic acids is 2. The molecule has 0 aliphatic rings. The summed E-state index contributed by atoms with van der Waals surface area (Å²) < 4.78 is 5.23. The summed E-state index contributed by atoms with van der Waals surface area (Å²) in [5.74, 6) is -1.21. The van der Waals surface area contributed by atoms with Gasteiger partial charge in [-0.05, 0) is 12.1 Å². The summed E-state index contributed by atoms with van der Waals surface area (Å²) in [6.07, 6.45) is 0. The first-order valence-electron chi connectivity index (χ1n) is 4.08. The van der Waals surface area contributed by atoms with E-state index >= 15 is 0 Å². The topological polar surface area (TPSA) is 43.4 Å². The number of benzene rings is 1. The van der Waals surface area contributed by atoms with E-state index in [9.17, 15) is 9.59 Å². The SMILES string of the molecule is COC(=O)C(Cl)C(=O)c1ccc(Br)cc1. The molecule has 1 aromatic rings. The minimum Gasteiger partial charge on any atom is -0.468 e. The maximum absolute atomic E-state index is 11.6. The summed E-state index contributed by atoms with van der Waals surface area (Å²) in [7, 11) is 1.19. The second-order valence-corrected chi connectivity index (χ2v) is 4.11. The van der Waals surface area contributed by atoms with Gasteiger partial charge in [0.15, 0.2) is 11.2 Å². The van der Waals surface area contributed by atoms with Crippen molar-refractivity contribution in [1.82, 2.24) is 0 Å². The highest BCUT2D eigenvalue weighted by atomic mass is 79.9. The predicted molar refractivity (Wildman–Crippen MR) is 60.1 cm³/mol. The van der Waals surface area contributed by atoms with Crippen molar-refractivity contribution in [1.29, 1.82) is 0 Å². The molecule has 0 spiro atoms. The molecule has 3 nitrogen and oxygen atoms in total. The zero-order valence-corrected chi connectivity index (χ0v) is 10.2. The van der Waals surface area contributed by atoms with Gasteiger partial charge in [-0.2, -0.15) is 0 Å². The molecule has 0 amide bonds. The average Bonchev–Trinajstić information content (AvgIpc) is 2.27. The zero-order chi connectivity index (χ0) is 11.4. The third kappa shape index (κ3) is 3.04. The largest absolute Gasteiger partial charge is 0.468 e. The lowest BCUT2D eigenvalue weighted by Gasteiger charge is -2.05. The number of ketones is 1. The summed E-state index contributed by atoms with van der Waals surface area (Å²) in [5.41, 5.74) is 0.378. The number of methoxy groups -OCH3 is 1. The van der Waals surface area contributed by atoms with E-state index in [1.54, 1.807) is 24.3 Å². The third-order valence-electron chi connectivity index (χ3n) is 1.77. The minimum atomic E-state index is -1.28. The van der Waals surface area contributed by atoms with Gasteiger partial charge < -0.3 is 4.74 Å². The Morgan fingerprint density at radius 2 is 1.87 bits per heavy atom. The lowest BCUT2D eigenvalue weighted by atomic mass is 10.1. The zero-order valence-electron chi connectivity index (χ0n) is 7.87. The van der Waals surface area contributed by atoms with Crippen LogP contribution in [0.4, 0.5) is 0 Å². The molecular formula is C10H8BrClO3. The summed E-state index contributed by atoms with van der Waals surface area (Å²) in [6, 6.07) is 6.58. The number of hydrogen-bond donors (Lipinski definition) is 0. The van der Waals surface area contributed by atoms with Gasteiger partial charge in [-0.1, -0.05) is 28.1 Å². The van der Waals surface area contributed by atoms with E-state index in [0.29, 0.717) is 5.56 Å². The second-order valence-electron chi connectivity index (χ2n) is 2.76. The molecule has 80 valence electrons. The first kappa shape index (κ1) is 12.2. The molecule has 1 atom stereocenters. The number of rotatable bonds is 3. The van der Waals surface area contributed by atoms with Gasteiger partial charge in [0, 0.05) is 10.0 Å². The molecule has 1 aromatic carbocycles. The molecule has 0 heterocycles. The molecule has 0 fully saturated rings. The summed E-state index contributed by atoms with van der Waals surface area (Å²) in [6.45, 7) is 0. The van der Waals surface area contributed by atoms with Gasteiger partial charge in [0.25, 0.3) is 0 Å². The minimum absolute atomic E-state index is 0.378. The summed E-state index contributed by atoms with van der Waals surface area (Å²) in [5, 5.41) is -1.28. The first-order chi connectivity index (χ1) is 7.06. The van der Waals surface area contributed by atoms with Crippen molar-refractivity contribution in [3.05, 3.63) is 34.3 Å². The fourth-order valence-electron chi connectivity index (χ4n) is 0.971. The Balaban J connectivity index is 2.85. The Labute approximate surface area is 100 Å². The molecule has 0 N–H and O–H groups in total. The van der Waals surface area contributed by atoms with E-state index in [0.717, 1.165) is 4.47 Å². The van der Waals surface area contributed by atoms with E-state index in [2.05, 4.69) is 20.7 Å². The van der Waals surface area contributed by atoms with Crippen molar-refractivity contribution in [3.8, 4) is 0 Å². The smallest absolute Gasteiger partial charge is 0.331 e. The fourth-order valence-corrected chi connectivity index (χ4v) is 1.45. The number of Topliss-reactive ketones (excluding diaryl/α,β-unsaturated/α-hetero) is 1. The van der Waals surface area contributed by atoms with Crippen LogP contribution in [-0.4, -0.2) is 24.2 Å². The van der Waals surface area contributed by atoms with Crippen LogP contribution in [0.1, 0.15) is 10.4 Å². The van der Waals surface area contributed by atoms with Crippen molar-refractivity contribution in [2.75, 3.05) is 7.11 Å². The molecule has 1 rings (SSSR count). The molecule has 0 radical (unpaired) electrons. The highest BCUT2D eigenvalue weighted by Crippen LogP contribution is 2.14. The third-order valence-corrected chi connectivity index (χ3v) is 2.67. The Kier molecular flexibility index (Phi) is 4.29. The first-order valence-corrected chi connectivity index (χ1v) is 5.31. The molecule has 0 aliphatic carbocycles. The van der Waals surface area contributed by atoms with Gasteiger partial charge in [0.05, 0.1) is 7.11 Å². The molecule has 0 bridgehead atoms. The summed E-state index contributed by atoms with van der Waals surface area (Å²) in [4.78, 5) is 22.6. The van der Waals surface area contributed by atoms with Crippen LogP contribution in [0.25, 0.3) is 0 Å². The Bertz CT molecular complexity index is 375. The van der Waals surface area contributed by atoms with Gasteiger partial charge in [-0.3, -0.25) is 4.79 Å². The van der Waals surface area contributed by atoms with Crippen molar-refractivity contribution >= 4 is 39.3 Å². The van der Waals surface area contributed by atoms with Crippen molar-refractivity contribution in [2.24, 2.45) is 0 Å². The lowest BCUT2D eigenvalue weighted by molar-refractivity contribution is -0.139. The Morgan fingerprint density at radius 3 is 2.33 bits per heavy atom. The van der Waals surface area contributed by atoms with Gasteiger partial charge >= 0.3 is 5.97 Å². The second kappa shape index (κ2) is 5.28. The summed E-state index contributed by atoms with van der Waals surface area (Å²) >= 11 is 8.86. The van der Waals surface area contributed by atoms with Crippen molar-refractivity contribution in [3.63, 3.8) is 0 Å². The predicted octanol–water partition coefficient (Wildman–Crippen LogP) is 2.41. The molecule has 5 heteroatoms. The van der Waals surface area contributed by atoms with Crippen LogP contribution in [0.3, 0.4) is 0 Å². The van der Waals surface area contributed by atoms with E-state index in [1.165, 1.54) is 7.11 Å². The maximum atomic E-state index is 11.6. The normalized spacial score (nSPS) is 11.9. The molecule has 15 heavy (non-hydrogen) atoms. The van der Waals surface area contributed by atoms with Gasteiger partial charge in [0.2, 0.25) is 0 Å². The van der Waals surface area contributed by atoms with Crippen LogP contribution in [0, 0.1) is 0 Å². The van der Waals surface area contributed by atoms with Gasteiger partial charge in [-0.25, -0.2) is 4.79 Å². The number of carbonyl (C=O) groups is 2. The standard InChI is InChI=1S/C10H8BrClO3/c1-15-10(14)8(12)9(13)6-2-4-7(11)5-3-6/h2-5,8H,1H3. The van der Waals surface area contributed by atoms with Crippen LogP contribution in [0.15, 0.2) is 28.7 Å². The van der Waals surface area contributed by atoms with E-state index in [4.69, 9.17) is 11.6 Å². The Hall–Kier alpha value is -0.870. The molecule has 1 unspecified atom stereocenters. The molecule has 0 aliphatic heterocycles. The van der Waals surface area contributed by atoms with E-state index in [-0.39, 0.29) is 0 Å². The van der Waals surface area contributed by atoms with Crippen LogP contribution in [0.2, 0.25) is 0 Å². The average molecular weight is 292 g/mol. The van der Waals surface area contributed by atoms with Crippen molar-refractivity contribution in [2.45, 2.75) is 5.38 Å². The molecule has 0 saturated heterocycles. The van der Waals surface area contributed by atoms with Gasteiger partial charge in [-0.15, -0.1) is 11.6 Å². The van der Waals surface area contributed by atoms with Crippen molar-refractivity contribution < 1.29 is 14.3 Å². The maximum Gasteiger partial charge on any atom is 0.331 e. The number of halogens is 2. The number of esters is 1. The highest BCUT2D eigenvalue weighted by Gasteiger charge is 2.25. The van der Waals surface area contributed by atoms with Crippen LogP contribution >= 0.6 is 27.5 Å². The number of alkyl halides is 1. The Morgan fingerprint density at radius 1 is 1.33 bits per heavy atom. The lowest BCUT2D eigenvalue weighted by Crippen LogP contribution is -2.25. The van der Waals surface area contributed by atoms with E-state index < -0.39 is 17.1 Å². The van der Waals surface area contributed by atoms with Crippen LogP contribution < -0.4 is 0 Å². The van der Waals surface area contributed by atoms with Crippen LogP contribution in [0.5, 0.6) is 0 Å². The van der Waals surface area contributed by atoms with Crippen LogP contribution in [-0.2, 0) is 9.53 Å². The molecule has 0 saturated carbocycles. The van der Waals surface area contributed by atoms with E-state index in [1.807, 2.05) is 0 Å². The monoisotopic (exact) mass is 290 g/mol. The number of hydrogen-bond acceptors (Lipinski definition) is 3. The molecule has 0 aromatic heterocycles.